The number of rotatable bonds is 6. The van der Waals surface area contributed by atoms with Crippen molar-refractivity contribution in [3.8, 4) is 0 Å². The smallest absolute Gasteiger partial charge is 0.870 e. The molecular weight excluding hydrogens is 351 g/mol. The zero-order chi connectivity index (χ0) is 15.3. The average Bonchev–Trinajstić information content (AvgIpc) is 2.11. The monoisotopic (exact) mass is 392 g/mol. The molecule has 0 amide bonds. The van der Waals surface area contributed by atoms with Gasteiger partial charge in [-0.2, -0.15) is 0 Å². The zero-order valence-corrected chi connectivity index (χ0v) is 18.5. The first-order valence-electron chi connectivity index (χ1n) is 8.12. The molecule has 20 heavy (non-hydrogen) atoms. The zero-order valence-electron chi connectivity index (χ0n) is 15.7. The minimum Gasteiger partial charge on any atom is -0.870 e. The molecule has 2 heteroatoms. The van der Waals surface area contributed by atoms with Crippen LogP contribution in [0.15, 0.2) is 0 Å². The first-order chi connectivity index (χ1) is 8.29. The summed E-state index contributed by atoms with van der Waals surface area (Å²) in [6.07, 6.45) is 4.36. The Labute approximate surface area is 136 Å². The Bertz CT molecular complexity index is 197. The van der Waals surface area contributed by atoms with Crippen molar-refractivity contribution in [1.82, 2.24) is 0 Å². The van der Waals surface area contributed by atoms with Gasteiger partial charge in [0.25, 0.3) is 0 Å². The van der Waals surface area contributed by atoms with E-state index in [1.165, 1.54) is 19.3 Å². The number of hydrogen-bond acceptors (Lipinski definition) is 1. The Balaban J connectivity index is 0. The Morgan fingerprint density at radius 3 is 0.850 bits per heavy atom. The summed E-state index contributed by atoms with van der Waals surface area (Å²) < 4.78 is 4.83. The molecule has 0 aromatic heterocycles. The summed E-state index contributed by atoms with van der Waals surface area (Å²) in [5, 5.41) is 0. The fraction of sp³-hybridized carbons (Fsp3) is 1.00. The van der Waals surface area contributed by atoms with Crippen molar-refractivity contribution in [2.75, 3.05) is 0 Å². The molecule has 0 aliphatic rings. The molecule has 0 saturated carbocycles. The maximum Gasteiger partial charge on any atom is -0.870 e. The minimum absolute atomic E-state index is 0. The van der Waals surface area contributed by atoms with Crippen LogP contribution in [-0.4, -0.2) is 25.2 Å². The van der Waals surface area contributed by atoms with Gasteiger partial charge < -0.3 is 5.48 Å². The van der Waals surface area contributed by atoms with E-state index in [9.17, 15) is 0 Å². The molecule has 0 radical (unpaired) electrons. The van der Waals surface area contributed by atoms with Crippen molar-refractivity contribution in [2.24, 2.45) is 16.2 Å². The second-order valence-corrected chi connectivity index (χ2v) is 18.5. The van der Waals surface area contributed by atoms with Crippen LogP contribution in [0.2, 0.25) is 13.3 Å². The molecule has 1 N–H and O–H groups in total. The maximum atomic E-state index is 2.40. The van der Waals surface area contributed by atoms with E-state index >= 15 is 0 Å². The predicted octanol–water partition coefficient (Wildman–Crippen LogP) is 6.61. The van der Waals surface area contributed by atoms with E-state index in [-0.39, 0.29) is 5.48 Å². The van der Waals surface area contributed by atoms with Gasteiger partial charge in [-0.25, -0.2) is 0 Å². The topological polar surface area (TPSA) is 30.0 Å². The van der Waals surface area contributed by atoms with Gasteiger partial charge in [-0.3, -0.25) is 0 Å². The Hall–Kier alpha value is 0.759. The van der Waals surface area contributed by atoms with Crippen LogP contribution in [0.1, 0.15) is 81.6 Å². The molecule has 0 spiro atoms. The minimum atomic E-state index is -1.14. The summed E-state index contributed by atoms with van der Waals surface area (Å²) in [6, 6.07) is 0. The molecule has 122 valence electrons. The van der Waals surface area contributed by atoms with Gasteiger partial charge in [0.1, 0.15) is 0 Å². The summed E-state index contributed by atoms with van der Waals surface area (Å²) in [5.41, 5.74) is 1.61. The van der Waals surface area contributed by atoms with Crippen LogP contribution < -0.4 is 0 Å². The van der Waals surface area contributed by atoms with E-state index in [2.05, 4.69) is 62.3 Å². The average molecular weight is 391 g/mol. The molecule has 0 aliphatic carbocycles. The molecule has 0 saturated heterocycles. The molecule has 0 unspecified atom stereocenters. The third kappa shape index (κ3) is 16.8. The van der Waals surface area contributed by atoms with Gasteiger partial charge in [0.15, 0.2) is 0 Å². The van der Waals surface area contributed by atoms with Crippen LogP contribution in [0.5, 0.6) is 0 Å². The van der Waals surface area contributed by atoms with E-state index in [0.29, 0.717) is 16.2 Å². The van der Waals surface area contributed by atoms with Crippen LogP contribution in [0.3, 0.4) is 0 Å². The second-order valence-electron chi connectivity index (χ2n) is 9.93. The Kier molecular flexibility index (Phi) is 10.4. The summed E-state index contributed by atoms with van der Waals surface area (Å²) in [7, 11) is 0. The fourth-order valence-electron chi connectivity index (χ4n) is 2.03. The van der Waals surface area contributed by atoms with E-state index in [1.807, 2.05) is 0 Å². The van der Waals surface area contributed by atoms with Crippen LogP contribution in [0.25, 0.3) is 0 Å². The summed E-state index contributed by atoms with van der Waals surface area (Å²) in [6.45, 7) is 21.6. The van der Waals surface area contributed by atoms with Crippen molar-refractivity contribution >= 4 is 19.8 Å². The van der Waals surface area contributed by atoms with Crippen molar-refractivity contribution in [3.63, 3.8) is 0 Å². The molecule has 0 fully saturated rings. The number of hydrogen-bond donors (Lipinski definition) is 0. The SMILES string of the molecule is CC(C)(C)C[CH2][Sn+]([CH2]CC(C)(C)C)[CH2]CC(C)(C)C.[OH-]. The van der Waals surface area contributed by atoms with Gasteiger partial charge in [-0.15, -0.1) is 0 Å². The predicted molar refractivity (Wildman–Crippen MR) is 94.3 cm³/mol. The van der Waals surface area contributed by atoms with Gasteiger partial charge in [0.05, 0.1) is 0 Å². The van der Waals surface area contributed by atoms with Crippen molar-refractivity contribution in [1.29, 1.82) is 0 Å². The molecule has 0 aromatic carbocycles. The van der Waals surface area contributed by atoms with Gasteiger partial charge in [0.2, 0.25) is 0 Å². The maximum absolute atomic E-state index is 2.40. The third-order valence-electron chi connectivity index (χ3n) is 3.69. The first-order valence-corrected chi connectivity index (χ1v) is 14.2. The van der Waals surface area contributed by atoms with E-state index < -0.39 is 19.8 Å². The normalized spacial score (nSPS) is 13.1. The van der Waals surface area contributed by atoms with Crippen LogP contribution in [0, 0.1) is 16.2 Å². The second kappa shape index (κ2) is 9.02. The first kappa shape index (κ1) is 23.0. The Morgan fingerprint density at radius 1 is 0.500 bits per heavy atom. The molecule has 0 heterocycles. The third-order valence-corrected chi connectivity index (χ3v) is 11.9. The molecule has 1 nitrogen and oxygen atoms in total. The largest absolute Gasteiger partial charge is 0.870 e. The molecular formula is C18H40OSn. The summed E-state index contributed by atoms with van der Waals surface area (Å²) >= 11 is -1.14. The molecule has 0 bridgehead atoms. The molecule has 0 aliphatic heterocycles. The van der Waals surface area contributed by atoms with E-state index in [4.69, 9.17) is 0 Å². The molecule has 0 aromatic rings. The molecule has 0 atom stereocenters. The van der Waals surface area contributed by atoms with Crippen molar-refractivity contribution < 1.29 is 5.48 Å². The van der Waals surface area contributed by atoms with Crippen molar-refractivity contribution in [2.45, 2.75) is 94.9 Å². The van der Waals surface area contributed by atoms with Crippen LogP contribution >= 0.6 is 0 Å². The van der Waals surface area contributed by atoms with Gasteiger partial charge in [-0.05, 0) is 0 Å². The van der Waals surface area contributed by atoms with E-state index in [0.717, 1.165) is 0 Å². The fourth-order valence-corrected chi connectivity index (χ4v) is 13.6. The summed E-state index contributed by atoms with van der Waals surface area (Å²) in [5.74, 6) is 0. The van der Waals surface area contributed by atoms with Gasteiger partial charge in [-0.1, -0.05) is 0 Å². The standard InChI is InChI=1S/3C6H13.H2O.Sn/c3*1-5-6(2,3)4;;/h3*1,5H2,2-4H3;1H2;/q;;;;+1/p-1. The summed E-state index contributed by atoms with van der Waals surface area (Å²) in [4.78, 5) is 0. The van der Waals surface area contributed by atoms with Crippen molar-refractivity contribution in [3.05, 3.63) is 0 Å². The quantitative estimate of drug-likeness (QED) is 0.469. The van der Waals surface area contributed by atoms with E-state index in [1.54, 1.807) is 13.3 Å². The van der Waals surface area contributed by atoms with Gasteiger partial charge >= 0.3 is 131 Å². The van der Waals surface area contributed by atoms with Crippen LogP contribution in [-0.2, 0) is 0 Å². The Morgan fingerprint density at radius 2 is 0.700 bits per heavy atom. The molecule has 0 rings (SSSR count). The van der Waals surface area contributed by atoms with Crippen LogP contribution in [0.4, 0.5) is 0 Å². The van der Waals surface area contributed by atoms with Gasteiger partial charge in [0, 0.05) is 0 Å².